The monoisotopic (exact) mass is 196 g/mol. The molecule has 2 N–H and O–H groups in total. The lowest BCUT2D eigenvalue weighted by Gasteiger charge is -2.35. The molecule has 0 spiro atoms. The number of hydrogen-bond donors (Lipinski definition) is 2. The van der Waals surface area contributed by atoms with Crippen LogP contribution in [0.3, 0.4) is 0 Å². The standard InChI is InChI=1S/C10H12O4/c1-13-9-5-3-4-6(11)10(14-2)7(5)8(9)12/h3-4,8-9,11-12H,1-2H3/t8-,9-/m1/s1. The fraction of sp³-hybridized carbons (Fsp3) is 0.400. The SMILES string of the molecule is COc1c(O)ccc2c1[C@@H](O)[C@@H]2OC. The number of hydrogen-bond acceptors (Lipinski definition) is 4. The number of methoxy groups -OCH3 is 2. The molecule has 2 rings (SSSR count). The zero-order chi connectivity index (χ0) is 10.3. The van der Waals surface area contributed by atoms with E-state index in [9.17, 15) is 10.2 Å². The summed E-state index contributed by atoms with van der Waals surface area (Å²) in [4.78, 5) is 0. The average molecular weight is 196 g/mol. The molecule has 4 nitrogen and oxygen atoms in total. The number of benzene rings is 1. The van der Waals surface area contributed by atoms with Gasteiger partial charge in [-0.25, -0.2) is 0 Å². The summed E-state index contributed by atoms with van der Waals surface area (Å²) in [5, 5.41) is 19.1. The fourth-order valence-corrected chi connectivity index (χ4v) is 1.85. The number of fused-ring (bicyclic) bond motifs is 1. The Hall–Kier alpha value is -1.26. The van der Waals surface area contributed by atoms with Gasteiger partial charge in [-0.3, -0.25) is 0 Å². The van der Waals surface area contributed by atoms with E-state index in [0.717, 1.165) is 5.56 Å². The molecule has 0 unspecified atom stereocenters. The van der Waals surface area contributed by atoms with Gasteiger partial charge in [0.1, 0.15) is 12.2 Å². The van der Waals surface area contributed by atoms with Gasteiger partial charge >= 0.3 is 0 Å². The van der Waals surface area contributed by atoms with Crippen LogP contribution in [-0.4, -0.2) is 24.4 Å². The molecule has 14 heavy (non-hydrogen) atoms. The Morgan fingerprint density at radius 1 is 1.29 bits per heavy atom. The van der Waals surface area contributed by atoms with Gasteiger partial charge in [-0.1, -0.05) is 6.07 Å². The molecule has 1 aliphatic rings. The third kappa shape index (κ3) is 1.01. The Morgan fingerprint density at radius 3 is 2.57 bits per heavy atom. The molecule has 1 aliphatic carbocycles. The normalized spacial score (nSPS) is 23.9. The van der Waals surface area contributed by atoms with Gasteiger partial charge in [-0.2, -0.15) is 0 Å². The van der Waals surface area contributed by atoms with Gasteiger partial charge in [0, 0.05) is 12.7 Å². The molecule has 76 valence electrons. The topological polar surface area (TPSA) is 58.9 Å². The van der Waals surface area contributed by atoms with Crippen LogP contribution in [0.25, 0.3) is 0 Å². The van der Waals surface area contributed by atoms with Gasteiger partial charge < -0.3 is 19.7 Å². The van der Waals surface area contributed by atoms with E-state index in [1.165, 1.54) is 20.3 Å². The quantitative estimate of drug-likeness (QED) is 0.744. The molecule has 0 amide bonds. The minimum absolute atomic E-state index is 0.0415. The summed E-state index contributed by atoms with van der Waals surface area (Å²) in [7, 11) is 3.00. The highest BCUT2D eigenvalue weighted by Gasteiger charge is 2.40. The van der Waals surface area contributed by atoms with E-state index >= 15 is 0 Å². The number of aliphatic hydroxyl groups excluding tert-OH is 1. The smallest absolute Gasteiger partial charge is 0.166 e. The van der Waals surface area contributed by atoms with Crippen molar-refractivity contribution >= 4 is 0 Å². The Morgan fingerprint density at radius 2 is 2.00 bits per heavy atom. The highest BCUT2D eigenvalue weighted by molar-refractivity contribution is 5.57. The lowest BCUT2D eigenvalue weighted by atomic mass is 9.81. The number of rotatable bonds is 2. The second kappa shape index (κ2) is 3.15. The van der Waals surface area contributed by atoms with Gasteiger partial charge in [0.2, 0.25) is 0 Å². The molecular formula is C10H12O4. The molecule has 0 bridgehead atoms. The summed E-state index contributed by atoms with van der Waals surface area (Å²) >= 11 is 0. The van der Waals surface area contributed by atoms with E-state index in [1.807, 2.05) is 0 Å². The Bertz CT molecular complexity index is 361. The van der Waals surface area contributed by atoms with Gasteiger partial charge in [0.15, 0.2) is 11.5 Å². The first-order valence-electron chi connectivity index (χ1n) is 4.31. The van der Waals surface area contributed by atoms with Crippen molar-refractivity contribution in [3.8, 4) is 11.5 Å². The van der Waals surface area contributed by atoms with E-state index in [4.69, 9.17) is 9.47 Å². The molecule has 1 aromatic rings. The number of aliphatic hydroxyl groups is 1. The zero-order valence-corrected chi connectivity index (χ0v) is 8.02. The first-order valence-corrected chi connectivity index (χ1v) is 4.31. The maximum Gasteiger partial charge on any atom is 0.166 e. The van der Waals surface area contributed by atoms with Gasteiger partial charge in [0.05, 0.1) is 7.11 Å². The van der Waals surface area contributed by atoms with Crippen molar-refractivity contribution in [1.82, 2.24) is 0 Å². The van der Waals surface area contributed by atoms with Crippen LogP contribution in [0.15, 0.2) is 12.1 Å². The molecule has 0 fully saturated rings. The van der Waals surface area contributed by atoms with Crippen LogP contribution in [0.2, 0.25) is 0 Å². The number of ether oxygens (including phenoxy) is 2. The molecule has 0 aliphatic heterocycles. The van der Waals surface area contributed by atoms with Crippen molar-refractivity contribution in [3.63, 3.8) is 0 Å². The van der Waals surface area contributed by atoms with Crippen molar-refractivity contribution in [2.75, 3.05) is 14.2 Å². The van der Waals surface area contributed by atoms with E-state index in [0.29, 0.717) is 11.3 Å². The molecule has 4 heteroatoms. The Balaban J connectivity index is 2.51. The summed E-state index contributed by atoms with van der Waals surface area (Å²) < 4.78 is 10.1. The Kier molecular flexibility index (Phi) is 2.09. The summed E-state index contributed by atoms with van der Waals surface area (Å²) in [6, 6.07) is 3.27. The molecule has 0 radical (unpaired) electrons. The van der Waals surface area contributed by atoms with Crippen molar-refractivity contribution in [3.05, 3.63) is 23.3 Å². The predicted octanol–water partition coefficient (Wildman–Crippen LogP) is 1.14. The number of phenols is 1. The van der Waals surface area contributed by atoms with Crippen LogP contribution in [0.5, 0.6) is 11.5 Å². The number of phenolic OH excluding ortho intramolecular Hbond substituents is 1. The lowest BCUT2D eigenvalue weighted by Crippen LogP contribution is -2.26. The van der Waals surface area contributed by atoms with Gasteiger partial charge in [-0.15, -0.1) is 0 Å². The van der Waals surface area contributed by atoms with E-state index in [-0.39, 0.29) is 11.9 Å². The van der Waals surface area contributed by atoms with Crippen molar-refractivity contribution in [1.29, 1.82) is 0 Å². The van der Waals surface area contributed by atoms with Crippen molar-refractivity contribution in [2.45, 2.75) is 12.2 Å². The second-order valence-electron chi connectivity index (χ2n) is 3.22. The van der Waals surface area contributed by atoms with E-state index in [2.05, 4.69) is 0 Å². The first kappa shape index (κ1) is 9.30. The minimum atomic E-state index is -0.711. The van der Waals surface area contributed by atoms with Crippen LogP contribution in [0.1, 0.15) is 23.3 Å². The average Bonchev–Trinajstić information content (AvgIpc) is 2.19. The maximum atomic E-state index is 9.68. The van der Waals surface area contributed by atoms with Crippen LogP contribution >= 0.6 is 0 Å². The zero-order valence-electron chi connectivity index (χ0n) is 8.02. The minimum Gasteiger partial charge on any atom is -0.504 e. The molecule has 0 saturated heterocycles. The molecule has 1 aromatic carbocycles. The molecule has 0 heterocycles. The highest BCUT2D eigenvalue weighted by atomic mass is 16.5. The van der Waals surface area contributed by atoms with Crippen LogP contribution in [0, 0.1) is 0 Å². The molecule has 0 saturated carbocycles. The molecular weight excluding hydrogens is 184 g/mol. The predicted molar refractivity (Wildman–Crippen MR) is 49.4 cm³/mol. The highest BCUT2D eigenvalue weighted by Crippen LogP contribution is 2.52. The Labute approximate surface area is 81.7 Å². The third-order valence-corrected chi connectivity index (χ3v) is 2.56. The van der Waals surface area contributed by atoms with Crippen molar-refractivity contribution < 1.29 is 19.7 Å². The first-order chi connectivity index (χ1) is 6.70. The summed E-state index contributed by atoms with van der Waals surface area (Å²) in [5.74, 6) is 0.378. The van der Waals surface area contributed by atoms with E-state index in [1.54, 1.807) is 6.07 Å². The largest absolute Gasteiger partial charge is 0.504 e. The van der Waals surface area contributed by atoms with Gasteiger partial charge in [-0.05, 0) is 11.6 Å². The van der Waals surface area contributed by atoms with Crippen LogP contribution < -0.4 is 4.74 Å². The molecule has 2 atom stereocenters. The van der Waals surface area contributed by atoms with E-state index < -0.39 is 6.10 Å². The summed E-state index contributed by atoms with van der Waals surface area (Å²) in [6.45, 7) is 0. The number of aromatic hydroxyl groups is 1. The van der Waals surface area contributed by atoms with Gasteiger partial charge in [0.25, 0.3) is 0 Å². The summed E-state index contributed by atoms with van der Waals surface area (Å²) in [5.41, 5.74) is 1.49. The fourth-order valence-electron chi connectivity index (χ4n) is 1.85. The molecule has 0 aromatic heterocycles. The third-order valence-electron chi connectivity index (χ3n) is 2.56. The summed E-state index contributed by atoms with van der Waals surface area (Å²) in [6.07, 6.45) is -1.02. The van der Waals surface area contributed by atoms with Crippen LogP contribution in [0.4, 0.5) is 0 Å². The van der Waals surface area contributed by atoms with Crippen molar-refractivity contribution in [2.24, 2.45) is 0 Å². The lowest BCUT2D eigenvalue weighted by molar-refractivity contribution is -0.0438. The van der Waals surface area contributed by atoms with Crippen LogP contribution in [-0.2, 0) is 4.74 Å². The second-order valence-corrected chi connectivity index (χ2v) is 3.22. The maximum absolute atomic E-state index is 9.68.